The van der Waals surface area contributed by atoms with E-state index in [1.807, 2.05) is 0 Å². The van der Waals surface area contributed by atoms with Crippen molar-refractivity contribution < 1.29 is 20.6 Å². The van der Waals surface area contributed by atoms with Crippen molar-refractivity contribution in [3.63, 3.8) is 0 Å². The maximum Gasteiger partial charge on any atom is 0.419 e. The third-order valence-electron chi connectivity index (χ3n) is 1.56. The molecule has 6 heteroatoms. The smallest absolute Gasteiger partial charge is 0.311 e. The quantitative estimate of drug-likeness (QED) is 0.596. The molecule has 1 aromatic carbocycles. The van der Waals surface area contributed by atoms with E-state index in [1.165, 1.54) is 6.07 Å². The Hall–Kier alpha value is -0.370. The fourth-order valence-electron chi connectivity index (χ4n) is 0.941. The molecule has 0 aromatic heterocycles. The van der Waals surface area contributed by atoms with Gasteiger partial charge >= 0.3 is 6.18 Å². The van der Waals surface area contributed by atoms with E-state index >= 15 is 0 Å². The van der Waals surface area contributed by atoms with Crippen LogP contribution in [0.25, 0.3) is 0 Å². The average Bonchev–Trinajstić information content (AvgIpc) is 2.02. The summed E-state index contributed by atoms with van der Waals surface area (Å²) < 4.78 is 53.8. The first-order chi connectivity index (χ1) is 6.45. The Bertz CT molecular complexity index is 324. The number of hydrogen-bond donors (Lipinski definition) is 0. The van der Waals surface area contributed by atoms with Gasteiger partial charge in [-0.2, -0.15) is 13.2 Å². The van der Waals surface area contributed by atoms with Gasteiger partial charge in [-0.15, -0.1) is 0 Å². The molecule has 0 bridgehead atoms. The predicted octanol–water partition coefficient (Wildman–Crippen LogP) is 3.71. The van der Waals surface area contributed by atoms with Crippen molar-refractivity contribution in [2.75, 3.05) is 0 Å². The molecule has 0 unspecified atom stereocenters. The lowest BCUT2D eigenvalue weighted by molar-refractivity contribution is -0.140. The van der Waals surface area contributed by atoms with E-state index in [0.29, 0.717) is 11.6 Å². The summed E-state index contributed by atoms with van der Waals surface area (Å²) in [5, 5.41) is 0. The van der Waals surface area contributed by atoms with Crippen molar-refractivity contribution in [1.29, 1.82) is 0 Å². The molecule has 0 heterocycles. The van der Waals surface area contributed by atoms with E-state index in [-0.39, 0.29) is 6.61 Å². The van der Waals surface area contributed by atoms with Crippen molar-refractivity contribution in [2.24, 2.45) is 0 Å². The second kappa shape index (κ2) is 4.43. The molecule has 1 nitrogen and oxygen atoms in total. The Kier molecular flexibility index (Phi) is 3.71. The molecule has 0 aliphatic carbocycles. The number of rotatable bonds is 2. The third-order valence-corrected chi connectivity index (χ3v) is 1.87. The Balaban J connectivity index is 3.02. The topological polar surface area (TPSA) is 9.23 Å². The Morgan fingerprint density at radius 2 is 1.93 bits per heavy atom. The number of hydrogen-bond acceptors (Lipinski definition) is 1. The van der Waals surface area contributed by atoms with Gasteiger partial charge in [-0.3, -0.25) is 0 Å². The van der Waals surface area contributed by atoms with Crippen LogP contribution >= 0.6 is 23.0 Å². The fourth-order valence-corrected chi connectivity index (χ4v) is 1.30. The highest BCUT2D eigenvalue weighted by atomic mass is 127. The van der Waals surface area contributed by atoms with Gasteiger partial charge in [-0.1, -0.05) is 6.07 Å². The summed E-state index contributed by atoms with van der Waals surface area (Å²) in [6, 6.07) is 2.71. The van der Waals surface area contributed by atoms with Gasteiger partial charge in [0.2, 0.25) is 0 Å². The first kappa shape index (κ1) is 11.7. The highest BCUT2D eigenvalue weighted by Crippen LogP contribution is 2.31. The number of benzene rings is 1. The monoisotopic (exact) mass is 320 g/mol. The molecule has 14 heavy (non-hydrogen) atoms. The van der Waals surface area contributed by atoms with Crippen LogP contribution in [-0.2, 0) is 15.8 Å². The summed E-state index contributed by atoms with van der Waals surface area (Å²) in [5.74, 6) is -1.27. The largest absolute Gasteiger partial charge is 0.419 e. The van der Waals surface area contributed by atoms with Crippen LogP contribution in [-0.4, -0.2) is 0 Å². The summed E-state index contributed by atoms with van der Waals surface area (Å²) in [7, 11) is 0. The lowest BCUT2D eigenvalue weighted by Crippen LogP contribution is -2.08. The van der Waals surface area contributed by atoms with Crippen molar-refractivity contribution in [3.8, 4) is 0 Å². The SMILES string of the molecule is Fc1cc(COI)ccc1C(F)(F)F. The van der Waals surface area contributed by atoms with Crippen LogP contribution in [0.3, 0.4) is 0 Å². The van der Waals surface area contributed by atoms with Gasteiger partial charge in [-0.25, -0.2) is 4.39 Å². The average molecular weight is 320 g/mol. The molecular weight excluding hydrogens is 315 g/mol. The van der Waals surface area contributed by atoms with Gasteiger partial charge in [0.1, 0.15) is 28.8 Å². The molecule has 0 aliphatic rings. The molecule has 1 aromatic rings. The maximum atomic E-state index is 12.9. The summed E-state index contributed by atoms with van der Waals surface area (Å²) in [5.41, 5.74) is -0.889. The van der Waals surface area contributed by atoms with Crippen LogP contribution in [0.15, 0.2) is 18.2 Å². The summed E-state index contributed by atoms with van der Waals surface area (Å²) in [4.78, 5) is 0. The van der Waals surface area contributed by atoms with E-state index in [4.69, 9.17) is 0 Å². The number of halogens is 5. The Morgan fingerprint density at radius 1 is 1.29 bits per heavy atom. The zero-order valence-corrected chi connectivity index (χ0v) is 8.89. The molecular formula is C8H5F4IO. The van der Waals surface area contributed by atoms with Crippen LogP contribution in [0.5, 0.6) is 0 Å². The summed E-state index contributed by atoms with van der Waals surface area (Å²) >= 11 is 1.58. The minimum absolute atomic E-state index is 0.0790. The number of alkyl halides is 3. The zero-order valence-electron chi connectivity index (χ0n) is 6.74. The molecule has 78 valence electrons. The van der Waals surface area contributed by atoms with Crippen LogP contribution in [0.4, 0.5) is 17.6 Å². The lowest BCUT2D eigenvalue weighted by atomic mass is 10.1. The van der Waals surface area contributed by atoms with E-state index in [9.17, 15) is 17.6 Å². The fraction of sp³-hybridized carbons (Fsp3) is 0.250. The normalized spacial score (nSPS) is 11.8. The molecule has 0 spiro atoms. The molecule has 0 N–H and O–H groups in total. The van der Waals surface area contributed by atoms with Crippen LogP contribution in [0.1, 0.15) is 11.1 Å². The van der Waals surface area contributed by atoms with Crippen molar-refractivity contribution in [3.05, 3.63) is 35.1 Å². The van der Waals surface area contributed by atoms with Gasteiger partial charge in [0.25, 0.3) is 0 Å². The lowest BCUT2D eigenvalue weighted by Gasteiger charge is -2.08. The summed E-state index contributed by atoms with van der Waals surface area (Å²) in [6.45, 7) is 0.0790. The molecule has 0 aliphatic heterocycles. The zero-order chi connectivity index (χ0) is 10.8. The molecule has 0 radical (unpaired) electrons. The molecule has 0 fully saturated rings. The van der Waals surface area contributed by atoms with Crippen molar-refractivity contribution >= 4 is 23.0 Å². The Morgan fingerprint density at radius 3 is 2.36 bits per heavy atom. The van der Waals surface area contributed by atoms with Crippen LogP contribution in [0, 0.1) is 5.82 Å². The van der Waals surface area contributed by atoms with Crippen LogP contribution in [0.2, 0.25) is 0 Å². The molecule has 0 atom stereocenters. The van der Waals surface area contributed by atoms with Crippen LogP contribution < -0.4 is 0 Å². The second-order valence-electron chi connectivity index (χ2n) is 2.57. The van der Waals surface area contributed by atoms with Gasteiger partial charge in [0, 0.05) is 0 Å². The van der Waals surface area contributed by atoms with E-state index in [1.54, 1.807) is 23.0 Å². The van der Waals surface area contributed by atoms with Gasteiger partial charge in [0.05, 0.1) is 12.2 Å². The first-order valence-corrected chi connectivity index (χ1v) is 4.42. The highest BCUT2D eigenvalue weighted by molar-refractivity contribution is 14.1. The van der Waals surface area contributed by atoms with Crippen molar-refractivity contribution in [1.82, 2.24) is 0 Å². The minimum atomic E-state index is -4.65. The van der Waals surface area contributed by atoms with Gasteiger partial charge in [-0.05, 0) is 17.7 Å². The first-order valence-electron chi connectivity index (χ1n) is 3.54. The second-order valence-corrected chi connectivity index (χ2v) is 3.19. The maximum absolute atomic E-state index is 12.9. The van der Waals surface area contributed by atoms with Gasteiger partial charge < -0.3 is 3.07 Å². The molecule has 0 saturated carbocycles. The molecule has 0 amide bonds. The minimum Gasteiger partial charge on any atom is -0.311 e. The highest BCUT2D eigenvalue weighted by Gasteiger charge is 2.33. The van der Waals surface area contributed by atoms with E-state index in [0.717, 1.165) is 6.07 Å². The van der Waals surface area contributed by atoms with E-state index in [2.05, 4.69) is 3.07 Å². The summed E-state index contributed by atoms with van der Waals surface area (Å²) in [6.07, 6.45) is -4.65. The Labute approximate surface area is 91.8 Å². The van der Waals surface area contributed by atoms with E-state index < -0.39 is 17.6 Å². The molecule has 1 rings (SSSR count). The van der Waals surface area contributed by atoms with Crippen molar-refractivity contribution in [2.45, 2.75) is 12.8 Å². The third kappa shape index (κ3) is 2.81. The molecule has 0 saturated heterocycles. The standard InChI is InChI=1S/C8H5F4IO/c9-7-3-5(4-14-13)1-2-6(7)8(10,11)12/h1-3H,4H2. The van der Waals surface area contributed by atoms with Gasteiger partial charge in [0.15, 0.2) is 0 Å². The predicted molar refractivity (Wildman–Crippen MR) is 50.2 cm³/mol.